The molecule has 0 spiro atoms. The maximum atomic E-state index is 12.2. The van der Waals surface area contributed by atoms with Gasteiger partial charge in [0, 0.05) is 28.8 Å². The zero-order chi connectivity index (χ0) is 31.5. The lowest BCUT2D eigenvalue weighted by Crippen LogP contribution is -2.24. The number of carbonyl (C=O) groups is 2. The molecule has 0 saturated heterocycles. The number of rotatable bonds is 10. The molecule has 2 fully saturated rings. The fraction of sp³-hybridized carbons (Fsp3) is 0.294. The van der Waals surface area contributed by atoms with Crippen molar-refractivity contribution in [3.05, 3.63) is 97.8 Å². The van der Waals surface area contributed by atoms with Crippen molar-refractivity contribution in [1.82, 2.24) is 0 Å². The third kappa shape index (κ3) is 7.80. The summed E-state index contributed by atoms with van der Waals surface area (Å²) in [6.45, 7) is 0.835. The fourth-order valence-corrected chi connectivity index (χ4v) is 5.79. The van der Waals surface area contributed by atoms with Gasteiger partial charge in [0.15, 0.2) is 6.73 Å². The summed E-state index contributed by atoms with van der Waals surface area (Å²) in [6.07, 6.45) is 4.63. The normalized spacial score (nSPS) is 15.7. The minimum Gasteiger partial charge on any atom is -0.487 e. The molecule has 2 saturated carbocycles. The van der Waals surface area contributed by atoms with E-state index in [0.717, 1.165) is 30.7 Å². The number of halogens is 3. The van der Waals surface area contributed by atoms with E-state index in [4.69, 9.17) is 49.0 Å². The van der Waals surface area contributed by atoms with E-state index in [0.29, 0.717) is 62.8 Å². The summed E-state index contributed by atoms with van der Waals surface area (Å²) in [4.78, 5) is 25.9. The molecule has 2 N–H and O–H groups in total. The van der Waals surface area contributed by atoms with E-state index in [-0.39, 0.29) is 17.9 Å². The van der Waals surface area contributed by atoms with Crippen LogP contribution in [0.25, 0.3) is 0 Å². The Morgan fingerprint density at radius 3 is 2.44 bits per heavy atom. The van der Waals surface area contributed by atoms with Crippen LogP contribution in [0, 0.1) is 23.7 Å². The number of benzene rings is 3. The first-order valence-electron chi connectivity index (χ1n) is 14.6. The Hall–Kier alpha value is -4.03. The molecule has 0 radical (unpaired) electrons. The molecule has 2 aliphatic carbocycles. The molecule has 1 heterocycles. The number of hydrogen-bond acceptors (Lipinski definition) is 6. The van der Waals surface area contributed by atoms with Crippen molar-refractivity contribution >= 4 is 58.2 Å². The third-order valence-electron chi connectivity index (χ3n) is 7.66. The van der Waals surface area contributed by atoms with Crippen molar-refractivity contribution in [3.8, 4) is 17.6 Å². The SMILES string of the molecule is O=C(Nc1cc(C#Cc2ccc(OCC3=C(C4CC4)OCN3c3c(Cl)cccc3Cl)cc2Cl)cc(C(=O)O)c1)OCCC1CC1. The number of allylic oxidation sites excluding steroid dienone is 1. The molecular formula is C34H29Cl3N2O6. The summed E-state index contributed by atoms with van der Waals surface area (Å²) in [6, 6.07) is 14.9. The predicted molar refractivity (Wildman–Crippen MR) is 173 cm³/mol. The Labute approximate surface area is 275 Å². The minimum absolute atomic E-state index is 0.0205. The van der Waals surface area contributed by atoms with E-state index in [1.807, 2.05) is 4.90 Å². The highest BCUT2D eigenvalue weighted by molar-refractivity contribution is 6.39. The number of aromatic carboxylic acids is 1. The van der Waals surface area contributed by atoms with Gasteiger partial charge in [-0.15, -0.1) is 0 Å². The van der Waals surface area contributed by atoms with Crippen LogP contribution < -0.4 is 15.0 Å². The van der Waals surface area contributed by atoms with Crippen LogP contribution >= 0.6 is 34.8 Å². The van der Waals surface area contributed by atoms with Gasteiger partial charge in [-0.3, -0.25) is 5.32 Å². The van der Waals surface area contributed by atoms with E-state index in [2.05, 4.69) is 17.2 Å². The average Bonchev–Trinajstić information content (AvgIpc) is 3.95. The summed E-state index contributed by atoms with van der Waals surface area (Å²) in [5.74, 6) is 7.19. The molecular weight excluding hydrogens is 639 g/mol. The van der Waals surface area contributed by atoms with Crippen LogP contribution in [0.15, 0.2) is 66.1 Å². The number of nitrogens with one attached hydrogen (secondary N) is 1. The van der Waals surface area contributed by atoms with Crippen LogP contribution in [0.4, 0.5) is 16.2 Å². The van der Waals surface area contributed by atoms with Crippen molar-refractivity contribution < 1.29 is 28.9 Å². The number of amides is 1. The van der Waals surface area contributed by atoms with Crippen LogP contribution in [-0.2, 0) is 9.47 Å². The highest BCUT2D eigenvalue weighted by Gasteiger charge is 2.38. The highest BCUT2D eigenvalue weighted by atomic mass is 35.5. The lowest BCUT2D eigenvalue weighted by molar-refractivity contribution is 0.0696. The molecule has 0 aromatic heterocycles. The molecule has 0 bridgehead atoms. The van der Waals surface area contributed by atoms with Gasteiger partial charge in [-0.05, 0) is 67.6 Å². The number of anilines is 2. The van der Waals surface area contributed by atoms with Gasteiger partial charge in [0.05, 0.1) is 38.6 Å². The van der Waals surface area contributed by atoms with Crippen LogP contribution in [-0.4, -0.2) is 37.1 Å². The lowest BCUT2D eigenvalue weighted by atomic mass is 10.1. The number of carboxylic acids is 1. The first-order valence-corrected chi connectivity index (χ1v) is 15.7. The van der Waals surface area contributed by atoms with Crippen molar-refractivity contribution in [3.63, 3.8) is 0 Å². The second kappa shape index (κ2) is 13.5. The van der Waals surface area contributed by atoms with Gasteiger partial charge in [-0.1, -0.05) is 65.6 Å². The Morgan fingerprint density at radius 1 is 0.978 bits per heavy atom. The predicted octanol–water partition coefficient (Wildman–Crippen LogP) is 8.59. The summed E-state index contributed by atoms with van der Waals surface area (Å²) < 4.78 is 17.4. The van der Waals surface area contributed by atoms with Gasteiger partial charge in [0.1, 0.15) is 18.1 Å². The molecule has 3 aliphatic rings. The lowest BCUT2D eigenvalue weighted by Gasteiger charge is -2.22. The number of ether oxygens (including phenoxy) is 3. The Balaban J connectivity index is 1.15. The van der Waals surface area contributed by atoms with Gasteiger partial charge in [0.25, 0.3) is 0 Å². The van der Waals surface area contributed by atoms with Gasteiger partial charge < -0.3 is 24.2 Å². The Morgan fingerprint density at radius 2 is 1.76 bits per heavy atom. The van der Waals surface area contributed by atoms with Crippen molar-refractivity contribution in [2.75, 3.05) is 30.2 Å². The van der Waals surface area contributed by atoms with E-state index >= 15 is 0 Å². The smallest absolute Gasteiger partial charge is 0.411 e. The monoisotopic (exact) mass is 666 g/mol. The number of carbonyl (C=O) groups excluding carboxylic acids is 1. The summed E-state index contributed by atoms with van der Waals surface area (Å²) in [5, 5.41) is 13.6. The zero-order valence-electron chi connectivity index (χ0n) is 24.1. The number of hydrogen-bond donors (Lipinski definition) is 2. The quantitative estimate of drug-likeness (QED) is 0.209. The van der Waals surface area contributed by atoms with Crippen LogP contribution in [0.1, 0.15) is 53.6 Å². The summed E-state index contributed by atoms with van der Waals surface area (Å²) in [5.41, 5.74) is 2.70. The standard InChI is InChI=1S/C34H29Cl3N2O6/c35-27-2-1-3-28(36)31(27)39-19-45-32(23-8-9-23)30(39)18-44-26-11-10-22(29(37)17-26)7-6-21-14-24(33(40)41)16-25(15-21)38-34(42)43-13-12-20-4-5-20/h1-3,10-11,14-17,20,23H,4-5,8-9,12-13,18-19H2,(H,38,42)(H,40,41). The van der Waals surface area contributed by atoms with Crippen molar-refractivity contribution in [2.45, 2.75) is 32.1 Å². The van der Waals surface area contributed by atoms with Gasteiger partial charge in [0.2, 0.25) is 0 Å². The third-order valence-corrected chi connectivity index (χ3v) is 8.58. The number of nitrogens with zero attached hydrogens (tertiary/aromatic N) is 1. The molecule has 1 aliphatic heterocycles. The molecule has 232 valence electrons. The van der Waals surface area contributed by atoms with Crippen LogP contribution in [0.3, 0.4) is 0 Å². The molecule has 8 nitrogen and oxygen atoms in total. The van der Waals surface area contributed by atoms with E-state index in [1.165, 1.54) is 25.0 Å². The molecule has 45 heavy (non-hydrogen) atoms. The molecule has 3 aromatic carbocycles. The van der Waals surface area contributed by atoms with E-state index < -0.39 is 12.1 Å². The average molecular weight is 668 g/mol. The first kappa shape index (κ1) is 31.0. The van der Waals surface area contributed by atoms with Gasteiger partial charge in [-0.2, -0.15) is 0 Å². The van der Waals surface area contributed by atoms with Crippen molar-refractivity contribution in [1.29, 1.82) is 0 Å². The van der Waals surface area contributed by atoms with Crippen LogP contribution in [0.2, 0.25) is 15.1 Å². The molecule has 1 amide bonds. The number of para-hydroxylation sites is 1. The minimum atomic E-state index is -1.15. The molecule has 6 rings (SSSR count). The summed E-state index contributed by atoms with van der Waals surface area (Å²) >= 11 is 19.6. The molecule has 11 heteroatoms. The number of carboxylic acid groups (broad SMARTS) is 1. The van der Waals surface area contributed by atoms with E-state index in [1.54, 1.807) is 42.5 Å². The van der Waals surface area contributed by atoms with Crippen LogP contribution in [0.5, 0.6) is 5.75 Å². The van der Waals surface area contributed by atoms with Gasteiger partial charge >= 0.3 is 12.1 Å². The second-order valence-electron chi connectivity index (χ2n) is 11.1. The topological polar surface area (TPSA) is 97.3 Å². The van der Waals surface area contributed by atoms with Crippen molar-refractivity contribution in [2.24, 2.45) is 11.8 Å². The second-order valence-corrected chi connectivity index (χ2v) is 12.4. The highest BCUT2D eigenvalue weighted by Crippen LogP contribution is 2.45. The zero-order valence-corrected chi connectivity index (χ0v) is 26.3. The first-order chi connectivity index (χ1) is 21.7. The maximum Gasteiger partial charge on any atom is 0.411 e. The molecule has 0 unspecified atom stereocenters. The molecule has 0 atom stereocenters. The Bertz CT molecular complexity index is 1720. The fourth-order valence-electron chi connectivity index (χ4n) is 4.98. The summed E-state index contributed by atoms with van der Waals surface area (Å²) in [7, 11) is 0. The maximum absolute atomic E-state index is 12.2. The Kier molecular flexibility index (Phi) is 9.32. The van der Waals surface area contributed by atoms with E-state index in [9.17, 15) is 14.7 Å². The molecule has 3 aromatic rings. The largest absolute Gasteiger partial charge is 0.487 e. The van der Waals surface area contributed by atoms with Gasteiger partial charge in [-0.25, -0.2) is 9.59 Å².